The van der Waals surface area contributed by atoms with Crippen LogP contribution in [0.2, 0.25) is 0 Å². The number of piperidine rings is 1. The molecule has 0 bridgehead atoms. The predicted octanol–water partition coefficient (Wildman–Crippen LogP) is 4.63. The summed E-state index contributed by atoms with van der Waals surface area (Å²) in [5.41, 5.74) is 2.08. The van der Waals surface area contributed by atoms with Gasteiger partial charge in [0.1, 0.15) is 5.82 Å². The first-order valence-electron chi connectivity index (χ1n) is 9.30. The molecular weight excluding hydrogens is 365 g/mol. The van der Waals surface area contributed by atoms with Gasteiger partial charge in [0, 0.05) is 36.5 Å². The van der Waals surface area contributed by atoms with E-state index in [9.17, 15) is 13.2 Å². The minimum atomic E-state index is -4.39. The van der Waals surface area contributed by atoms with Gasteiger partial charge in [-0.05, 0) is 50.2 Å². The van der Waals surface area contributed by atoms with E-state index in [2.05, 4.69) is 10.3 Å². The molecule has 1 fully saturated rings. The number of alkyl halides is 3. The Labute approximate surface area is 161 Å². The van der Waals surface area contributed by atoms with Gasteiger partial charge in [-0.25, -0.2) is 4.98 Å². The first kappa shape index (κ1) is 18.7. The fourth-order valence-corrected chi connectivity index (χ4v) is 3.85. The Balaban J connectivity index is 1.88. The van der Waals surface area contributed by atoms with Crippen LogP contribution < -0.4 is 5.32 Å². The molecule has 7 heteroatoms. The molecule has 4 rings (SSSR count). The molecule has 2 aromatic heterocycles. The minimum Gasteiger partial charge on any atom is -0.330 e. The Morgan fingerprint density at radius 2 is 1.75 bits per heavy atom. The monoisotopic (exact) mass is 386 g/mol. The van der Waals surface area contributed by atoms with E-state index in [-0.39, 0.29) is 5.92 Å². The summed E-state index contributed by atoms with van der Waals surface area (Å²) in [6.07, 6.45) is 0.899. The second kappa shape index (κ2) is 7.39. The van der Waals surface area contributed by atoms with Crippen LogP contribution in [0.25, 0.3) is 22.5 Å². The van der Waals surface area contributed by atoms with Crippen molar-refractivity contribution in [3.63, 3.8) is 0 Å². The Kier molecular flexibility index (Phi) is 4.93. The zero-order valence-corrected chi connectivity index (χ0v) is 15.5. The van der Waals surface area contributed by atoms with E-state index in [0.717, 1.165) is 49.1 Å². The van der Waals surface area contributed by atoms with Crippen molar-refractivity contribution in [2.24, 2.45) is 7.05 Å². The summed E-state index contributed by atoms with van der Waals surface area (Å²) in [6.45, 7) is 1.84. The fourth-order valence-electron chi connectivity index (χ4n) is 3.85. The molecule has 0 radical (unpaired) electrons. The summed E-state index contributed by atoms with van der Waals surface area (Å²) < 4.78 is 41.8. The SMILES string of the molecule is Cn1c(C2CCNCC2)nc(-c2cccc(C(F)(F)F)c2)c1-c1ccncc1. The molecule has 1 aliphatic rings. The van der Waals surface area contributed by atoms with Crippen LogP contribution in [0.4, 0.5) is 13.2 Å². The molecule has 1 aliphatic heterocycles. The molecule has 0 spiro atoms. The van der Waals surface area contributed by atoms with Crippen molar-refractivity contribution in [2.75, 3.05) is 13.1 Å². The first-order chi connectivity index (χ1) is 13.4. The molecule has 3 aromatic rings. The minimum absolute atomic E-state index is 0.284. The van der Waals surface area contributed by atoms with Gasteiger partial charge in [0.15, 0.2) is 0 Å². The number of hydrogen-bond donors (Lipinski definition) is 1. The highest BCUT2D eigenvalue weighted by molar-refractivity contribution is 5.79. The Bertz CT molecular complexity index is 958. The summed E-state index contributed by atoms with van der Waals surface area (Å²) in [5.74, 6) is 1.20. The number of aromatic nitrogens is 3. The van der Waals surface area contributed by atoms with Gasteiger partial charge in [0.2, 0.25) is 0 Å². The van der Waals surface area contributed by atoms with E-state index >= 15 is 0 Å². The number of rotatable bonds is 3. The lowest BCUT2D eigenvalue weighted by atomic mass is 9.97. The average Bonchev–Trinajstić information content (AvgIpc) is 3.06. The van der Waals surface area contributed by atoms with E-state index in [4.69, 9.17) is 4.98 Å². The molecule has 0 atom stereocenters. The zero-order valence-electron chi connectivity index (χ0n) is 15.5. The van der Waals surface area contributed by atoms with Crippen LogP contribution in [-0.2, 0) is 13.2 Å². The van der Waals surface area contributed by atoms with Gasteiger partial charge in [0.25, 0.3) is 0 Å². The van der Waals surface area contributed by atoms with Crippen LogP contribution in [0.3, 0.4) is 0 Å². The molecular formula is C21H21F3N4. The second-order valence-corrected chi connectivity index (χ2v) is 7.06. The smallest absolute Gasteiger partial charge is 0.330 e. The van der Waals surface area contributed by atoms with Crippen molar-refractivity contribution in [2.45, 2.75) is 24.9 Å². The predicted molar refractivity (Wildman–Crippen MR) is 102 cm³/mol. The van der Waals surface area contributed by atoms with E-state index in [0.29, 0.717) is 11.3 Å². The quantitative estimate of drug-likeness (QED) is 0.713. The van der Waals surface area contributed by atoms with Gasteiger partial charge < -0.3 is 9.88 Å². The van der Waals surface area contributed by atoms with Crippen LogP contribution in [0.1, 0.15) is 30.1 Å². The van der Waals surface area contributed by atoms with E-state index in [1.165, 1.54) is 12.1 Å². The van der Waals surface area contributed by atoms with Gasteiger partial charge in [-0.1, -0.05) is 12.1 Å². The van der Waals surface area contributed by atoms with E-state index in [1.807, 2.05) is 23.7 Å². The van der Waals surface area contributed by atoms with Gasteiger partial charge in [-0.3, -0.25) is 4.98 Å². The van der Waals surface area contributed by atoms with Gasteiger partial charge in [-0.2, -0.15) is 13.2 Å². The number of hydrogen-bond acceptors (Lipinski definition) is 3. The van der Waals surface area contributed by atoms with Crippen molar-refractivity contribution in [1.29, 1.82) is 0 Å². The van der Waals surface area contributed by atoms with Crippen LogP contribution in [-0.4, -0.2) is 27.6 Å². The normalized spacial score (nSPS) is 15.7. The number of benzene rings is 1. The van der Waals surface area contributed by atoms with Gasteiger partial charge in [-0.15, -0.1) is 0 Å². The lowest BCUT2D eigenvalue weighted by Gasteiger charge is -2.22. The highest BCUT2D eigenvalue weighted by Crippen LogP contribution is 2.38. The molecule has 0 saturated carbocycles. The van der Waals surface area contributed by atoms with Gasteiger partial charge >= 0.3 is 6.18 Å². The second-order valence-electron chi connectivity index (χ2n) is 7.06. The molecule has 28 heavy (non-hydrogen) atoms. The van der Waals surface area contributed by atoms with Crippen LogP contribution in [0.5, 0.6) is 0 Å². The summed E-state index contributed by atoms with van der Waals surface area (Å²) >= 11 is 0. The maximum Gasteiger partial charge on any atom is 0.416 e. The number of imidazole rings is 1. The van der Waals surface area contributed by atoms with E-state index < -0.39 is 11.7 Å². The maximum absolute atomic E-state index is 13.2. The molecule has 4 nitrogen and oxygen atoms in total. The zero-order chi connectivity index (χ0) is 19.7. The standard InChI is InChI=1S/C21H21F3N4/c1-28-19(14-5-9-25-10-6-14)18(27-20(28)15-7-11-26-12-8-15)16-3-2-4-17(13-16)21(22,23)24/h2-6,9-10,13,15,26H,7-8,11-12H2,1H3. The molecule has 0 unspecified atom stereocenters. The highest BCUT2D eigenvalue weighted by Gasteiger charge is 2.31. The number of pyridine rings is 1. The topological polar surface area (TPSA) is 42.7 Å². The fraction of sp³-hybridized carbons (Fsp3) is 0.333. The Hall–Kier alpha value is -2.67. The molecule has 1 saturated heterocycles. The van der Waals surface area contributed by atoms with Gasteiger partial charge in [0.05, 0.1) is 17.0 Å². The third-order valence-corrected chi connectivity index (χ3v) is 5.25. The molecule has 3 heterocycles. The third-order valence-electron chi connectivity index (χ3n) is 5.25. The van der Waals surface area contributed by atoms with Crippen molar-refractivity contribution in [1.82, 2.24) is 19.9 Å². The van der Waals surface area contributed by atoms with Crippen molar-refractivity contribution < 1.29 is 13.2 Å². The molecule has 1 N–H and O–H groups in total. The average molecular weight is 386 g/mol. The van der Waals surface area contributed by atoms with Crippen molar-refractivity contribution in [3.05, 3.63) is 60.2 Å². The van der Waals surface area contributed by atoms with Crippen molar-refractivity contribution in [3.8, 4) is 22.5 Å². The van der Waals surface area contributed by atoms with Crippen LogP contribution >= 0.6 is 0 Å². The summed E-state index contributed by atoms with van der Waals surface area (Å²) in [6, 6.07) is 9.12. The molecule has 146 valence electrons. The molecule has 1 aromatic carbocycles. The van der Waals surface area contributed by atoms with E-state index in [1.54, 1.807) is 18.5 Å². The highest BCUT2D eigenvalue weighted by atomic mass is 19.4. The summed E-state index contributed by atoms with van der Waals surface area (Å²) in [5, 5.41) is 3.34. The number of nitrogens with zero attached hydrogens (tertiary/aromatic N) is 3. The maximum atomic E-state index is 13.2. The Morgan fingerprint density at radius 1 is 1.04 bits per heavy atom. The van der Waals surface area contributed by atoms with Crippen LogP contribution in [0, 0.1) is 0 Å². The van der Waals surface area contributed by atoms with Crippen LogP contribution in [0.15, 0.2) is 48.8 Å². The molecule has 0 aliphatic carbocycles. The summed E-state index contributed by atoms with van der Waals surface area (Å²) in [4.78, 5) is 8.91. The lowest BCUT2D eigenvalue weighted by molar-refractivity contribution is -0.137. The number of halogens is 3. The largest absolute Gasteiger partial charge is 0.416 e. The summed E-state index contributed by atoms with van der Waals surface area (Å²) in [7, 11) is 1.94. The van der Waals surface area contributed by atoms with Crippen molar-refractivity contribution >= 4 is 0 Å². The molecule has 0 amide bonds. The third kappa shape index (κ3) is 3.54. The lowest BCUT2D eigenvalue weighted by Crippen LogP contribution is -2.27. The first-order valence-corrected chi connectivity index (χ1v) is 9.30. The Morgan fingerprint density at radius 3 is 2.43 bits per heavy atom. The number of nitrogens with one attached hydrogen (secondary N) is 1.